The van der Waals surface area contributed by atoms with Gasteiger partial charge >= 0.3 is 0 Å². The molecule has 1 atom stereocenters. The standard InChI is InChI=1S/C32H31ClFN3O4S/c1-2-35-32(39)30(21-24-11-5-3-6-12-24)36(22-25-17-19-26(34)20-18-25)31(38)23-37(29-16-10-9-15-28(29)33)42(40,41)27-13-7-4-8-14-27/h3-20,30H,2,21-23H2,1H3,(H,35,39)/t30-/m0/s1. The van der Waals surface area contributed by atoms with Crippen molar-refractivity contribution in [3.05, 3.63) is 131 Å². The summed E-state index contributed by atoms with van der Waals surface area (Å²) in [6.45, 7) is 1.41. The topological polar surface area (TPSA) is 86.8 Å². The van der Waals surface area contributed by atoms with E-state index in [1.807, 2.05) is 30.3 Å². The normalized spacial score (nSPS) is 11.9. The lowest BCUT2D eigenvalue weighted by Gasteiger charge is -2.34. The van der Waals surface area contributed by atoms with E-state index >= 15 is 0 Å². The minimum Gasteiger partial charge on any atom is -0.355 e. The Labute approximate surface area is 250 Å². The Morgan fingerprint density at radius 2 is 1.43 bits per heavy atom. The summed E-state index contributed by atoms with van der Waals surface area (Å²) in [5.74, 6) is -1.47. The van der Waals surface area contributed by atoms with Gasteiger partial charge in [-0.05, 0) is 54.4 Å². The molecule has 0 saturated heterocycles. The Balaban J connectivity index is 1.79. The van der Waals surface area contributed by atoms with Crippen LogP contribution in [0, 0.1) is 5.82 Å². The number of rotatable bonds is 12. The highest BCUT2D eigenvalue weighted by molar-refractivity contribution is 7.92. The van der Waals surface area contributed by atoms with Crippen molar-refractivity contribution in [2.45, 2.75) is 30.8 Å². The van der Waals surface area contributed by atoms with E-state index in [-0.39, 0.29) is 28.6 Å². The Hall–Kier alpha value is -4.21. The van der Waals surface area contributed by atoms with Gasteiger partial charge in [0, 0.05) is 19.5 Å². The van der Waals surface area contributed by atoms with Gasteiger partial charge in [-0.2, -0.15) is 0 Å². The number of benzene rings is 4. The molecule has 0 aromatic heterocycles. The molecule has 0 saturated carbocycles. The van der Waals surface area contributed by atoms with Crippen molar-refractivity contribution in [3.63, 3.8) is 0 Å². The fourth-order valence-corrected chi connectivity index (χ4v) is 6.26. The lowest BCUT2D eigenvalue weighted by molar-refractivity contribution is -0.140. The average Bonchev–Trinajstić information content (AvgIpc) is 3.00. The Bertz CT molecular complexity index is 1600. The number of nitrogens with zero attached hydrogens (tertiary/aromatic N) is 2. The van der Waals surface area contributed by atoms with Crippen LogP contribution in [0.2, 0.25) is 5.02 Å². The van der Waals surface area contributed by atoms with Crippen LogP contribution < -0.4 is 9.62 Å². The van der Waals surface area contributed by atoms with E-state index in [0.717, 1.165) is 9.87 Å². The number of anilines is 1. The number of amides is 2. The molecule has 10 heteroatoms. The number of nitrogens with one attached hydrogen (secondary N) is 1. The number of carbonyl (C=O) groups excluding carboxylic acids is 2. The number of sulfonamides is 1. The van der Waals surface area contributed by atoms with E-state index in [1.165, 1.54) is 53.4 Å². The van der Waals surface area contributed by atoms with E-state index in [4.69, 9.17) is 11.6 Å². The summed E-state index contributed by atoms with van der Waals surface area (Å²) in [6.07, 6.45) is 0.178. The van der Waals surface area contributed by atoms with Crippen molar-refractivity contribution < 1.29 is 22.4 Å². The first-order valence-electron chi connectivity index (χ1n) is 13.4. The van der Waals surface area contributed by atoms with E-state index < -0.39 is 40.2 Å². The smallest absolute Gasteiger partial charge is 0.264 e. The van der Waals surface area contributed by atoms with Gasteiger partial charge < -0.3 is 10.2 Å². The van der Waals surface area contributed by atoms with Crippen LogP contribution in [-0.2, 0) is 32.6 Å². The summed E-state index contributed by atoms with van der Waals surface area (Å²) in [4.78, 5) is 29.0. The molecule has 0 radical (unpaired) electrons. The SMILES string of the molecule is CCNC(=O)[C@H](Cc1ccccc1)N(Cc1ccc(F)cc1)C(=O)CN(c1ccccc1Cl)S(=O)(=O)c1ccccc1. The maximum absolute atomic E-state index is 14.3. The summed E-state index contributed by atoms with van der Waals surface area (Å²) in [6, 6.07) is 27.9. The molecule has 0 aliphatic heterocycles. The van der Waals surface area contributed by atoms with E-state index in [0.29, 0.717) is 12.1 Å². The van der Waals surface area contributed by atoms with Gasteiger partial charge in [0.25, 0.3) is 10.0 Å². The number of hydrogen-bond donors (Lipinski definition) is 1. The molecular formula is C32H31ClFN3O4S. The van der Waals surface area contributed by atoms with Gasteiger partial charge in [-0.15, -0.1) is 0 Å². The fraction of sp³-hybridized carbons (Fsp3) is 0.188. The highest BCUT2D eigenvalue weighted by atomic mass is 35.5. The molecule has 0 spiro atoms. The molecule has 4 rings (SSSR count). The van der Waals surface area contributed by atoms with Crippen LogP contribution in [0.1, 0.15) is 18.1 Å². The van der Waals surface area contributed by atoms with Crippen LogP contribution in [0.25, 0.3) is 0 Å². The van der Waals surface area contributed by atoms with Crippen LogP contribution in [-0.4, -0.2) is 44.3 Å². The van der Waals surface area contributed by atoms with Gasteiger partial charge in [0.15, 0.2) is 0 Å². The number of para-hydroxylation sites is 1. The van der Waals surface area contributed by atoms with E-state index in [1.54, 1.807) is 37.3 Å². The largest absolute Gasteiger partial charge is 0.355 e. The maximum atomic E-state index is 14.3. The molecule has 218 valence electrons. The predicted octanol–water partition coefficient (Wildman–Crippen LogP) is 5.45. The maximum Gasteiger partial charge on any atom is 0.264 e. The molecule has 0 bridgehead atoms. The highest BCUT2D eigenvalue weighted by Crippen LogP contribution is 2.31. The summed E-state index contributed by atoms with van der Waals surface area (Å²) in [5.41, 5.74) is 1.50. The zero-order valence-corrected chi connectivity index (χ0v) is 24.6. The molecule has 2 amide bonds. The van der Waals surface area contributed by atoms with Gasteiger partial charge in [0.1, 0.15) is 18.4 Å². The Kier molecular flexibility index (Phi) is 10.3. The van der Waals surface area contributed by atoms with Crippen molar-refractivity contribution in [3.8, 4) is 0 Å². The van der Waals surface area contributed by atoms with Gasteiger partial charge in [-0.25, -0.2) is 12.8 Å². The molecular weight excluding hydrogens is 577 g/mol. The number of carbonyl (C=O) groups is 2. The molecule has 0 fully saturated rings. The second-order valence-electron chi connectivity index (χ2n) is 9.52. The molecule has 4 aromatic rings. The van der Waals surface area contributed by atoms with Crippen molar-refractivity contribution in [2.75, 3.05) is 17.4 Å². The zero-order chi connectivity index (χ0) is 30.1. The molecule has 7 nitrogen and oxygen atoms in total. The molecule has 0 aliphatic carbocycles. The van der Waals surface area contributed by atoms with Crippen LogP contribution >= 0.6 is 11.6 Å². The second kappa shape index (κ2) is 14.1. The van der Waals surface area contributed by atoms with Crippen molar-refractivity contribution >= 4 is 39.1 Å². The van der Waals surface area contributed by atoms with Crippen molar-refractivity contribution in [2.24, 2.45) is 0 Å². The fourth-order valence-electron chi connectivity index (χ4n) is 4.52. The first kappa shape index (κ1) is 30.7. The third-order valence-electron chi connectivity index (χ3n) is 6.62. The first-order chi connectivity index (χ1) is 20.2. The van der Waals surface area contributed by atoms with Gasteiger partial charge in [0.05, 0.1) is 15.6 Å². The summed E-state index contributed by atoms with van der Waals surface area (Å²) in [7, 11) is -4.25. The minimum absolute atomic E-state index is 0.0210. The van der Waals surface area contributed by atoms with Crippen molar-refractivity contribution in [1.82, 2.24) is 10.2 Å². The van der Waals surface area contributed by atoms with Crippen molar-refractivity contribution in [1.29, 1.82) is 0 Å². The highest BCUT2D eigenvalue weighted by Gasteiger charge is 2.35. The van der Waals surface area contributed by atoms with E-state index in [2.05, 4.69) is 5.32 Å². The molecule has 0 heterocycles. The lowest BCUT2D eigenvalue weighted by Crippen LogP contribution is -2.53. The molecule has 42 heavy (non-hydrogen) atoms. The predicted molar refractivity (Wildman–Crippen MR) is 162 cm³/mol. The van der Waals surface area contributed by atoms with E-state index in [9.17, 15) is 22.4 Å². The summed E-state index contributed by atoms with van der Waals surface area (Å²) < 4.78 is 42.5. The molecule has 1 N–H and O–H groups in total. The quantitative estimate of drug-likeness (QED) is 0.232. The Morgan fingerprint density at radius 3 is 2.05 bits per heavy atom. The number of likely N-dealkylation sites (N-methyl/N-ethyl adjacent to an activating group) is 1. The van der Waals surface area contributed by atoms with Gasteiger partial charge in [-0.3, -0.25) is 13.9 Å². The van der Waals surface area contributed by atoms with Gasteiger partial charge in [-0.1, -0.05) is 84.4 Å². The summed E-state index contributed by atoms with van der Waals surface area (Å²) in [5, 5.41) is 2.94. The zero-order valence-electron chi connectivity index (χ0n) is 23.0. The first-order valence-corrected chi connectivity index (χ1v) is 15.2. The molecule has 4 aromatic carbocycles. The molecule has 0 aliphatic rings. The van der Waals surface area contributed by atoms with Crippen LogP contribution in [0.3, 0.4) is 0 Å². The number of hydrogen-bond acceptors (Lipinski definition) is 4. The Morgan fingerprint density at radius 1 is 0.833 bits per heavy atom. The third-order valence-corrected chi connectivity index (χ3v) is 8.71. The summed E-state index contributed by atoms with van der Waals surface area (Å²) >= 11 is 6.45. The van der Waals surface area contributed by atoms with Crippen LogP contribution in [0.15, 0.2) is 114 Å². The third kappa shape index (κ3) is 7.54. The average molecular weight is 608 g/mol. The lowest BCUT2D eigenvalue weighted by atomic mass is 10.0. The van der Waals surface area contributed by atoms with Crippen LogP contribution in [0.4, 0.5) is 10.1 Å². The number of halogens is 2. The van der Waals surface area contributed by atoms with Gasteiger partial charge in [0.2, 0.25) is 11.8 Å². The molecule has 0 unspecified atom stereocenters. The van der Waals surface area contributed by atoms with Crippen LogP contribution in [0.5, 0.6) is 0 Å². The second-order valence-corrected chi connectivity index (χ2v) is 11.8. The monoisotopic (exact) mass is 607 g/mol. The minimum atomic E-state index is -4.25.